The van der Waals surface area contributed by atoms with E-state index in [4.69, 9.17) is 0 Å². The van der Waals surface area contributed by atoms with Crippen molar-refractivity contribution in [1.82, 2.24) is 10.2 Å². The van der Waals surface area contributed by atoms with Crippen LogP contribution in [0.5, 0.6) is 0 Å². The molecule has 4 nitrogen and oxygen atoms in total. The summed E-state index contributed by atoms with van der Waals surface area (Å²) in [6.07, 6.45) is 7.23. The molecule has 2 aromatic rings. The van der Waals surface area contributed by atoms with Crippen molar-refractivity contribution >= 4 is 34.5 Å². The predicted octanol–water partition coefficient (Wildman–Crippen LogP) is 4.25. The molecule has 1 saturated heterocycles. The van der Waals surface area contributed by atoms with Gasteiger partial charge in [0.1, 0.15) is 0 Å². The van der Waals surface area contributed by atoms with Crippen LogP contribution in [0.25, 0.3) is 0 Å². The predicted molar refractivity (Wildman–Crippen MR) is 110 cm³/mol. The largest absolute Gasteiger partial charge is 0.351 e. The van der Waals surface area contributed by atoms with Crippen molar-refractivity contribution in [2.45, 2.75) is 51.5 Å². The first-order valence-electron chi connectivity index (χ1n) is 9.91. The number of carbonyl (C=O) groups excluding carboxylic acids is 2. The number of amides is 2. The van der Waals surface area contributed by atoms with E-state index < -0.39 is 0 Å². The van der Waals surface area contributed by atoms with Gasteiger partial charge in [0.25, 0.3) is 5.91 Å². The van der Waals surface area contributed by atoms with Crippen molar-refractivity contribution in [3.63, 3.8) is 0 Å². The van der Waals surface area contributed by atoms with Gasteiger partial charge in [0, 0.05) is 28.8 Å². The number of hydrogen-bond donors (Lipinski definition) is 1. The monoisotopic (exact) mass is 402 g/mol. The average molecular weight is 403 g/mol. The van der Waals surface area contributed by atoms with E-state index in [1.54, 1.807) is 22.7 Å². The number of aryl methyl sites for hydroxylation is 1. The summed E-state index contributed by atoms with van der Waals surface area (Å²) in [6, 6.07) is 6.11. The van der Waals surface area contributed by atoms with Gasteiger partial charge in [0.15, 0.2) is 0 Å². The Labute approximate surface area is 168 Å². The van der Waals surface area contributed by atoms with E-state index in [0.29, 0.717) is 6.54 Å². The second-order valence-electron chi connectivity index (χ2n) is 7.50. The molecule has 2 amide bonds. The molecule has 1 fully saturated rings. The zero-order chi connectivity index (χ0) is 18.6. The first kappa shape index (κ1) is 18.7. The first-order chi connectivity index (χ1) is 13.2. The first-order valence-corrected chi connectivity index (χ1v) is 11.6. The fourth-order valence-corrected chi connectivity index (χ4v) is 5.84. The summed E-state index contributed by atoms with van der Waals surface area (Å²) in [4.78, 5) is 30.8. The maximum absolute atomic E-state index is 12.9. The van der Waals surface area contributed by atoms with Gasteiger partial charge in [-0.15, -0.1) is 22.7 Å². The topological polar surface area (TPSA) is 49.4 Å². The van der Waals surface area contributed by atoms with Gasteiger partial charge in [-0.2, -0.15) is 0 Å². The van der Waals surface area contributed by atoms with Gasteiger partial charge in [0.05, 0.1) is 11.4 Å². The van der Waals surface area contributed by atoms with Crippen molar-refractivity contribution in [2.75, 3.05) is 13.1 Å². The summed E-state index contributed by atoms with van der Waals surface area (Å²) < 4.78 is 0. The van der Waals surface area contributed by atoms with Crippen LogP contribution in [-0.2, 0) is 24.2 Å². The van der Waals surface area contributed by atoms with Gasteiger partial charge in [-0.1, -0.05) is 18.9 Å². The Hall–Kier alpha value is -1.66. The van der Waals surface area contributed by atoms with Crippen molar-refractivity contribution in [1.29, 1.82) is 0 Å². The zero-order valence-electron chi connectivity index (χ0n) is 15.5. The maximum atomic E-state index is 12.9. The summed E-state index contributed by atoms with van der Waals surface area (Å²) in [5, 5.41) is 5.10. The minimum atomic E-state index is 0.0215. The quantitative estimate of drug-likeness (QED) is 0.831. The molecule has 0 saturated carbocycles. The summed E-state index contributed by atoms with van der Waals surface area (Å²) >= 11 is 3.31. The smallest absolute Gasteiger partial charge is 0.263 e. The molecule has 2 aromatic heterocycles. The highest BCUT2D eigenvalue weighted by Gasteiger charge is 2.28. The van der Waals surface area contributed by atoms with Gasteiger partial charge in [-0.05, 0) is 55.2 Å². The molecule has 6 heteroatoms. The Kier molecular flexibility index (Phi) is 5.93. The van der Waals surface area contributed by atoms with E-state index in [2.05, 4.69) is 11.4 Å². The molecule has 1 aliphatic carbocycles. The third-order valence-corrected chi connectivity index (χ3v) is 7.68. The van der Waals surface area contributed by atoms with Crippen LogP contribution in [0.2, 0.25) is 0 Å². The van der Waals surface area contributed by atoms with Crippen molar-refractivity contribution in [3.05, 3.63) is 43.8 Å². The standard InChI is InChI=1S/C21H26N2O2S2/c24-20(22-14-17-6-5-11-26-17)15-7-8-18-16(12-15)13-19(27-18)21(25)23-9-3-1-2-4-10-23/h5-6,11,13,15H,1-4,7-10,12,14H2,(H,22,24). The molecule has 3 heterocycles. The minimum Gasteiger partial charge on any atom is -0.351 e. The molecule has 4 rings (SSSR count). The zero-order valence-corrected chi connectivity index (χ0v) is 17.2. The molecule has 1 N–H and O–H groups in total. The molecule has 1 atom stereocenters. The van der Waals surface area contributed by atoms with Crippen LogP contribution in [0.4, 0.5) is 0 Å². The van der Waals surface area contributed by atoms with Crippen LogP contribution in [-0.4, -0.2) is 29.8 Å². The Balaban J connectivity index is 1.38. The van der Waals surface area contributed by atoms with Crippen LogP contribution in [0, 0.1) is 5.92 Å². The number of nitrogens with one attached hydrogen (secondary N) is 1. The molecule has 0 aromatic carbocycles. The lowest BCUT2D eigenvalue weighted by Crippen LogP contribution is -2.33. The number of rotatable bonds is 4. The highest BCUT2D eigenvalue weighted by molar-refractivity contribution is 7.14. The van der Waals surface area contributed by atoms with Crippen LogP contribution in [0.1, 0.15) is 57.1 Å². The van der Waals surface area contributed by atoms with Crippen LogP contribution >= 0.6 is 22.7 Å². The number of nitrogens with zero attached hydrogens (tertiary/aromatic N) is 1. The van der Waals surface area contributed by atoms with E-state index in [1.807, 2.05) is 22.4 Å². The normalized spacial score (nSPS) is 20.0. The molecule has 0 spiro atoms. The van der Waals surface area contributed by atoms with E-state index in [1.165, 1.54) is 28.2 Å². The molecule has 0 radical (unpaired) electrons. The number of thiophene rings is 2. The number of likely N-dealkylation sites (tertiary alicyclic amines) is 1. The molecule has 1 aliphatic heterocycles. The third-order valence-electron chi connectivity index (χ3n) is 5.57. The van der Waals surface area contributed by atoms with Gasteiger partial charge >= 0.3 is 0 Å². The van der Waals surface area contributed by atoms with E-state index in [0.717, 1.165) is 50.1 Å². The number of hydrogen-bond acceptors (Lipinski definition) is 4. The Bertz CT molecular complexity index is 789. The molecule has 27 heavy (non-hydrogen) atoms. The Morgan fingerprint density at radius 3 is 2.74 bits per heavy atom. The summed E-state index contributed by atoms with van der Waals surface area (Å²) in [6.45, 7) is 2.38. The lowest BCUT2D eigenvalue weighted by molar-refractivity contribution is -0.125. The highest BCUT2D eigenvalue weighted by atomic mass is 32.1. The summed E-state index contributed by atoms with van der Waals surface area (Å²) in [7, 11) is 0. The Morgan fingerprint density at radius 2 is 2.00 bits per heavy atom. The van der Waals surface area contributed by atoms with E-state index >= 15 is 0 Å². The molecule has 144 valence electrons. The van der Waals surface area contributed by atoms with Crippen LogP contribution in [0.15, 0.2) is 23.6 Å². The van der Waals surface area contributed by atoms with E-state index in [-0.39, 0.29) is 17.7 Å². The fourth-order valence-electron chi connectivity index (χ4n) is 4.01. The van der Waals surface area contributed by atoms with Crippen molar-refractivity contribution < 1.29 is 9.59 Å². The summed E-state index contributed by atoms with van der Waals surface area (Å²) in [5.74, 6) is 0.351. The van der Waals surface area contributed by atoms with E-state index in [9.17, 15) is 9.59 Å². The van der Waals surface area contributed by atoms with Crippen molar-refractivity contribution in [2.24, 2.45) is 5.92 Å². The molecule has 1 unspecified atom stereocenters. The maximum Gasteiger partial charge on any atom is 0.263 e. The van der Waals surface area contributed by atoms with Gasteiger partial charge in [-0.3, -0.25) is 9.59 Å². The SMILES string of the molecule is O=C(NCc1cccs1)C1CCc2sc(C(=O)N3CCCCCC3)cc2C1. The lowest BCUT2D eigenvalue weighted by atomic mass is 9.87. The third kappa shape index (κ3) is 4.43. The number of fused-ring (bicyclic) bond motifs is 1. The number of carbonyl (C=O) groups is 2. The summed E-state index contributed by atoms with van der Waals surface area (Å²) in [5.41, 5.74) is 1.21. The second kappa shape index (κ2) is 8.57. The second-order valence-corrected chi connectivity index (χ2v) is 9.67. The molecule has 2 aliphatic rings. The van der Waals surface area contributed by atoms with Crippen LogP contribution < -0.4 is 5.32 Å². The molecule has 0 bridgehead atoms. The lowest BCUT2D eigenvalue weighted by Gasteiger charge is -2.21. The molecular formula is C21H26N2O2S2. The van der Waals surface area contributed by atoms with Gasteiger partial charge in [0.2, 0.25) is 5.91 Å². The Morgan fingerprint density at radius 1 is 1.19 bits per heavy atom. The van der Waals surface area contributed by atoms with Gasteiger partial charge < -0.3 is 10.2 Å². The average Bonchev–Trinajstić information content (AvgIpc) is 3.28. The molecular weight excluding hydrogens is 376 g/mol. The minimum absolute atomic E-state index is 0.0215. The highest BCUT2D eigenvalue weighted by Crippen LogP contribution is 2.33. The van der Waals surface area contributed by atoms with Crippen molar-refractivity contribution in [3.8, 4) is 0 Å². The van der Waals surface area contributed by atoms with Gasteiger partial charge in [-0.25, -0.2) is 0 Å². The fraction of sp³-hybridized carbons (Fsp3) is 0.524. The van der Waals surface area contributed by atoms with Crippen LogP contribution in [0.3, 0.4) is 0 Å².